The van der Waals surface area contributed by atoms with Gasteiger partial charge in [0.2, 0.25) is 0 Å². The van der Waals surface area contributed by atoms with Crippen molar-refractivity contribution in [3.63, 3.8) is 0 Å². The van der Waals surface area contributed by atoms with Crippen molar-refractivity contribution in [3.05, 3.63) is 65.3 Å². The lowest BCUT2D eigenvalue weighted by molar-refractivity contribution is 0.0601. The van der Waals surface area contributed by atoms with Crippen molar-refractivity contribution >= 4 is 17.1 Å². The van der Waals surface area contributed by atoms with Gasteiger partial charge < -0.3 is 9.15 Å². The van der Waals surface area contributed by atoms with Gasteiger partial charge in [0.25, 0.3) is 0 Å². The van der Waals surface area contributed by atoms with Gasteiger partial charge >= 0.3 is 5.97 Å². The molecule has 0 amide bonds. The minimum Gasteiger partial charge on any atom is -0.465 e. The van der Waals surface area contributed by atoms with Crippen LogP contribution < -0.4 is 0 Å². The molecule has 0 spiro atoms. The van der Waals surface area contributed by atoms with E-state index in [4.69, 9.17) is 9.15 Å². The van der Waals surface area contributed by atoms with Crippen molar-refractivity contribution in [1.29, 1.82) is 0 Å². The highest BCUT2D eigenvalue weighted by atomic mass is 19.1. The molecule has 1 fully saturated rings. The summed E-state index contributed by atoms with van der Waals surface area (Å²) in [6.07, 6.45) is 0.884. The number of ether oxygens (including phenoxy) is 1. The Balaban J connectivity index is 1.54. The van der Waals surface area contributed by atoms with E-state index >= 15 is 0 Å². The SMILES string of the molecule is COC(=O)c1cccc2nc(C3CCN(Cc4ccccc4F)C3)oc12. The van der Waals surface area contributed by atoms with E-state index in [0.29, 0.717) is 34.7 Å². The van der Waals surface area contributed by atoms with Crippen molar-refractivity contribution in [3.8, 4) is 0 Å². The Morgan fingerprint density at radius 3 is 2.96 bits per heavy atom. The lowest BCUT2D eigenvalue weighted by Crippen LogP contribution is -2.20. The molecular formula is C20H19FN2O3. The van der Waals surface area contributed by atoms with Gasteiger partial charge in [0, 0.05) is 24.6 Å². The maximum absolute atomic E-state index is 13.9. The highest BCUT2D eigenvalue weighted by Gasteiger charge is 2.29. The summed E-state index contributed by atoms with van der Waals surface area (Å²) in [7, 11) is 1.34. The third-order valence-corrected chi connectivity index (χ3v) is 4.81. The molecule has 1 aliphatic rings. The Kier molecular flexibility index (Phi) is 4.42. The number of aromatic nitrogens is 1. The topological polar surface area (TPSA) is 55.6 Å². The molecule has 0 saturated carbocycles. The molecule has 1 unspecified atom stereocenters. The Labute approximate surface area is 150 Å². The van der Waals surface area contributed by atoms with Crippen LogP contribution in [0, 0.1) is 5.82 Å². The van der Waals surface area contributed by atoms with Crippen LogP contribution in [0.2, 0.25) is 0 Å². The van der Waals surface area contributed by atoms with Crippen LogP contribution in [0.4, 0.5) is 4.39 Å². The molecule has 0 N–H and O–H groups in total. The maximum Gasteiger partial charge on any atom is 0.341 e. The summed E-state index contributed by atoms with van der Waals surface area (Å²) in [6.45, 7) is 2.16. The van der Waals surface area contributed by atoms with Gasteiger partial charge in [0.15, 0.2) is 11.5 Å². The van der Waals surface area contributed by atoms with Crippen LogP contribution in [0.25, 0.3) is 11.1 Å². The molecule has 2 aromatic carbocycles. The Bertz CT molecular complexity index is 953. The van der Waals surface area contributed by atoms with E-state index in [1.807, 2.05) is 18.2 Å². The monoisotopic (exact) mass is 354 g/mol. The summed E-state index contributed by atoms with van der Waals surface area (Å²) in [6, 6.07) is 12.1. The molecular weight excluding hydrogens is 335 g/mol. The first-order valence-electron chi connectivity index (χ1n) is 8.59. The van der Waals surface area contributed by atoms with E-state index in [2.05, 4.69) is 9.88 Å². The number of methoxy groups -OCH3 is 1. The molecule has 1 aromatic heterocycles. The fraction of sp³-hybridized carbons (Fsp3) is 0.300. The summed E-state index contributed by atoms with van der Waals surface area (Å²) in [5, 5.41) is 0. The summed E-state index contributed by atoms with van der Waals surface area (Å²) in [5.74, 6) is 0.124. The van der Waals surface area contributed by atoms with Crippen LogP contribution in [0.5, 0.6) is 0 Å². The van der Waals surface area contributed by atoms with Gasteiger partial charge in [-0.15, -0.1) is 0 Å². The predicted octanol–water partition coefficient (Wildman–Crippen LogP) is 3.74. The smallest absolute Gasteiger partial charge is 0.341 e. The van der Waals surface area contributed by atoms with Crippen molar-refractivity contribution in [2.24, 2.45) is 0 Å². The number of benzene rings is 2. The summed E-state index contributed by atoms with van der Waals surface area (Å²) in [4.78, 5) is 18.6. The lowest BCUT2D eigenvalue weighted by atomic mass is 10.1. The van der Waals surface area contributed by atoms with E-state index in [0.717, 1.165) is 19.5 Å². The van der Waals surface area contributed by atoms with E-state index in [1.165, 1.54) is 13.2 Å². The van der Waals surface area contributed by atoms with Crippen LogP contribution in [0.3, 0.4) is 0 Å². The van der Waals surface area contributed by atoms with Crippen molar-refractivity contribution < 1.29 is 18.3 Å². The van der Waals surface area contributed by atoms with E-state index in [1.54, 1.807) is 18.2 Å². The normalized spacial score (nSPS) is 17.7. The average molecular weight is 354 g/mol. The second kappa shape index (κ2) is 6.88. The number of halogens is 1. The number of carbonyl (C=O) groups excluding carboxylic acids is 1. The number of esters is 1. The average Bonchev–Trinajstić information content (AvgIpc) is 3.29. The molecule has 5 nitrogen and oxygen atoms in total. The summed E-state index contributed by atoms with van der Waals surface area (Å²) >= 11 is 0. The van der Waals surface area contributed by atoms with Gasteiger partial charge in [-0.2, -0.15) is 0 Å². The van der Waals surface area contributed by atoms with E-state index < -0.39 is 5.97 Å². The molecule has 6 heteroatoms. The zero-order chi connectivity index (χ0) is 18.1. The number of fused-ring (bicyclic) bond motifs is 1. The first-order valence-corrected chi connectivity index (χ1v) is 8.59. The van der Waals surface area contributed by atoms with Crippen LogP contribution in [0.1, 0.15) is 34.2 Å². The summed E-state index contributed by atoms with van der Waals surface area (Å²) < 4.78 is 24.6. The number of para-hydroxylation sites is 1. The Morgan fingerprint density at radius 1 is 1.31 bits per heavy atom. The minimum absolute atomic E-state index is 0.125. The number of rotatable bonds is 4. The highest BCUT2D eigenvalue weighted by molar-refractivity contribution is 6.00. The molecule has 3 aromatic rings. The molecule has 0 bridgehead atoms. The van der Waals surface area contributed by atoms with Crippen LogP contribution in [0.15, 0.2) is 46.9 Å². The highest BCUT2D eigenvalue weighted by Crippen LogP contribution is 2.31. The van der Waals surface area contributed by atoms with Crippen molar-refractivity contribution in [2.45, 2.75) is 18.9 Å². The first kappa shape index (κ1) is 16.7. The first-order chi connectivity index (χ1) is 12.7. The van der Waals surface area contributed by atoms with Gasteiger partial charge in [0.05, 0.1) is 7.11 Å². The molecule has 4 rings (SSSR count). The molecule has 134 valence electrons. The summed E-state index contributed by atoms with van der Waals surface area (Å²) in [5.41, 5.74) is 2.18. The zero-order valence-corrected chi connectivity index (χ0v) is 14.4. The van der Waals surface area contributed by atoms with Gasteiger partial charge in [-0.05, 0) is 31.2 Å². The van der Waals surface area contributed by atoms with Gasteiger partial charge in [-0.25, -0.2) is 14.2 Å². The van der Waals surface area contributed by atoms with Gasteiger partial charge in [0.1, 0.15) is 16.9 Å². The third-order valence-electron chi connectivity index (χ3n) is 4.81. The number of oxazole rings is 1. The molecule has 1 saturated heterocycles. The molecule has 0 radical (unpaired) electrons. The van der Waals surface area contributed by atoms with Crippen LogP contribution in [-0.2, 0) is 11.3 Å². The van der Waals surface area contributed by atoms with Crippen molar-refractivity contribution in [2.75, 3.05) is 20.2 Å². The predicted molar refractivity (Wildman–Crippen MR) is 94.4 cm³/mol. The lowest BCUT2D eigenvalue weighted by Gasteiger charge is -2.15. The number of carbonyl (C=O) groups is 1. The zero-order valence-electron chi connectivity index (χ0n) is 14.4. The van der Waals surface area contributed by atoms with Crippen LogP contribution >= 0.6 is 0 Å². The minimum atomic E-state index is -0.439. The molecule has 0 aliphatic carbocycles. The number of hydrogen-bond donors (Lipinski definition) is 0. The van der Waals surface area contributed by atoms with E-state index in [-0.39, 0.29) is 11.7 Å². The molecule has 1 atom stereocenters. The molecule has 1 aliphatic heterocycles. The van der Waals surface area contributed by atoms with E-state index in [9.17, 15) is 9.18 Å². The number of nitrogens with zero attached hydrogens (tertiary/aromatic N) is 2. The molecule has 26 heavy (non-hydrogen) atoms. The standard InChI is InChI=1S/C20H19FN2O3/c1-25-20(24)15-6-4-8-17-18(15)26-19(22-17)14-9-10-23(12-14)11-13-5-2-3-7-16(13)21/h2-8,14H,9-12H2,1H3. The second-order valence-electron chi connectivity index (χ2n) is 6.51. The Morgan fingerprint density at radius 2 is 2.15 bits per heavy atom. The third kappa shape index (κ3) is 3.08. The van der Waals surface area contributed by atoms with Gasteiger partial charge in [-0.1, -0.05) is 24.3 Å². The van der Waals surface area contributed by atoms with Gasteiger partial charge in [-0.3, -0.25) is 4.90 Å². The molecule has 2 heterocycles. The quantitative estimate of drug-likeness (QED) is 0.668. The number of likely N-dealkylation sites (tertiary alicyclic amines) is 1. The Hall–Kier alpha value is -2.73. The van der Waals surface area contributed by atoms with Crippen molar-refractivity contribution in [1.82, 2.24) is 9.88 Å². The maximum atomic E-state index is 13.9. The number of hydrogen-bond acceptors (Lipinski definition) is 5. The fourth-order valence-electron chi connectivity index (χ4n) is 3.46. The fourth-order valence-corrected chi connectivity index (χ4v) is 3.46. The second-order valence-corrected chi connectivity index (χ2v) is 6.51. The largest absolute Gasteiger partial charge is 0.465 e. The van der Waals surface area contributed by atoms with Crippen LogP contribution in [-0.4, -0.2) is 36.1 Å².